The third-order valence-corrected chi connectivity index (χ3v) is 9.81. The highest BCUT2D eigenvalue weighted by atomic mass is 16.2. The van der Waals surface area contributed by atoms with Gasteiger partial charge in [0, 0.05) is 38.4 Å². The van der Waals surface area contributed by atoms with Crippen LogP contribution in [0.1, 0.15) is 76.7 Å². The first kappa shape index (κ1) is 25.2. The Hall–Kier alpha value is -3.07. The summed E-state index contributed by atoms with van der Waals surface area (Å²) in [5.74, 6) is 3.05. The summed E-state index contributed by atoms with van der Waals surface area (Å²) in [6.45, 7) is 8.69. The second-order valence-electron chi connectivity index (χ2n) is 12.2. The lowest BCUT2D eigenvalue weighted by atomic mass is 9.75. The van der Waals surface area contributed by atoms with Gasteiger partial charge in [-0.2, -0.15) is 5.26 Å². The zero-order chi connectivity index (χ0) is 26.3. The number of rotatable bonds is 8. The van der Waals surface area contributed by atoms with Crippen LogP contribution in [0.3, 0.4) is 0 Å². The van der Waals surface area contributed by atoms with Crippen molar-refractivity contribution in [1.82, 2.24) is 20.1 Å². The fraction of sp³-hybridized carbons (Fsp3) is 0.594. The second-order valence-corrected chi connectivity index (χ2v) is 12.2. The molecule has 1 N–H and O–H groups in total. The minimum absolute atomic E-state index is 0.235. The number of hydrogen-bond acceptors (Lipinski definition) is 5. The molecule has 1 unspecified atom stereocenters. The van der Waals surface area contributed by atoms with Gasteiger partial charge in [0.25, 0.3) is 0 Å². The lowest BCUT2D eigenvalue weighted by molar-refractivity contribution is -0.136. The van der Waals surface area contributed by atoms with Gasteiger partial charge in [-0.15, -0.1) is 6.58 Å². The molecule has 3 saturated carbocycles. The van der Waals surface area contributed by atoms with E-state index in [9.17, 15) is 10.1 Å². The van der Waals surface area contributed by atoms with Crippen LogP contribution in [0.2, 0.25) is 0 Å². The van der Waals surface area contributed by atoms with Gasteiger partial charge in [-0.05, 0) is 85.6 Å². The maximum Gasteiger partial charge on any atom is 0.222 e. The van der Waals surface area contributed by atoms with Crippen LogP contribution >= 0.6 is 0 Å². The van der Waals surface area contributed by atoms with Crippen molar-refractivity contribution < 1.29 is 4.79 Å². The van der Waals surface area contributed by atoms with Crippen LogP contribution in [-0.2, 0) is 4.79 Å². The number of amides is 1. The van der Waals surface area contributed by atoms with E-state index in [2.05, 4.69) is 45.7 Å². The number of hydrogen-bond donors (Lipinski definition) is 1. The first-order chi connectivity index (χ1) is 18.6. The molecule has 1 amide bonds. The largest absolute Gasteiger partial charge is 0.357 e. The predicted octanol–water partition coefficient (Wildman–Crippen LogP) is 5.42. The number of carbonyl (C=O) groups excluding carboxylic acids is 1. The molecular formula is C32H41N5O. The summed E-state index contributed by atoms with van der Waals surface area (Å²) in [4.78, 5) is 22.2. The Kier molecular flexibility index (Phi) is 6.80. The smallest absolute Gasteiger partial charge is 0.222 e. The maximum absolute atomic E-state index is 13.4. The third-order valence-electron chi connectivity index (χ3n) is 9.81. The second kappa shape index (κ2) is 10.2. The van der Waals surface area contributed by atoms with Gasteiger partial charge >= 0.3 is 0 Å². The van der Waals surface area contributed by atoms with Gasteiger partial charge < -0.3 is 15.1 Å². The van der Waals surface area contributed by atoms with Crippen LogP contribution in [0.15, 0.2) is 54.1 Å². The minimum atomic E-state index is -0.412. The van der Waals surface area contributed by atoms with E-state index in [0.717, 1.165) is 67.3 Å². The quantitative estimate of drug-likeness (QED) is 0.472. The van der Waals surface area contributed by atoms with Crippen LogP contribution in [-0.4, -0.2) is 51.9 Å². The molecular weight excluding hydrogens is 470 g/mol. The average Bonchev–Trinajstić information content (AvgIpc) is 3.89. The zero-order valence-electron chi connectivity index (χ0n) is 22.8. The van der Waals surface area contributed by atoms with Crippen molar-refractivity contribution in [2.75, 3.05) is 19.6 Å². The summed E-state index contributed by atoms with van der Waals surface area (Å²) in [6.07, 6.45) is 17.4. The zero-order valence-corrected chi connectivity index (χ0v) is 22.8. The normalized spacial score (nSPS) is 28.4. The summed E-state index contributed by atoms with van der Waals surface area (Å²) in [5, 5.41) is 14.3. The third kappa shape index (κ3) is 4.55. The van der Waals surface area contributed by atoms with Gasteiger partial charge in [-0.1, -0.05) is 31.8 Å². The number of dihydropyridines is 1. The number of pyridine rings is 1. The number of nitrogens with one attached hydrogen (secondary N) is 1. The van der Waals surface area contributed by atoms with E-state index < -0.39 is 5.54 Å². The minimum Gasteiger partial charge on any atom is -0.357 e. The monoisotopic (exact) mass is 511 g/mol. The van der Waals surface area contributed by atoms with Crippen LogP contribution in [0.25, 0.3) is 5.57 Å². The summed E-state index contributed by atoms with van der Waals surface area (Å²) in [5.41, 5.74) is 3.57. The number of piperazine rings is 1. The number of nitriles is 1. The molecule has 6 heteroatoms. The van der Waals surface area contributed by atoms with E-state index in [4.69, 9.17) is 0 Å². The number of allylic oxidation sites excluding steroid dienone is 2. The molecule has 2 atom stereocenters. The molecule has 2 aliphatic heterocycles. The van der Waals surface area contributed by atoms with Crippen LogP contribution < -0.4 is 5.32 Å². The molecule has 1 aromatic rings. The molecule has 38 heavy (non-hydrogen) atoms. The Morgan fingerprint density at radius 3 is 2.55 bits per heavy atom. The highest BCUT2D eigenvalue weighted by molar-refractivity contribution is 5.84. The topological polar surface area (TPSA) is 72.3 Å². The van der Waals surface area contributed by atoms with Gasteiger partial charge in [0.15, 0.2) is 0 Å². The van der Waals surface area contributed by atoms with Crippen molar-refractivity contribution in [3.05, 3.63) is 59.7 Å². The molecule has 0 aromatic carbocycles. The van der Waals surface area contributed by atoms with Gasteiger partial charge in [0.1, 0.15) is 11.9 Å². The predicted molar refractivity (Wildman–Crippen MR) is 149 cm³/mol. The molecule has 3 aliphatic carbocycles. The summed E-state index contributed by atoms with van der Waals surface area (Å²) in [7, 11) is 0. The fourth-order valence-corrected chi connectivity index (χ4v) is 7.42. The lowest BCUT2D eigenvalue weighted by Crippen LogP contribution is -2.60. The average molecular weight is 512 g/mol. The summed E-state index contributed by atoms with van der Waals surface area (Å²) in [6, 6.07) is 6.87. The van der Waals surface area contributed by atoms with Gasteiger partial charge in [-0.3, -0.25) is 9.78 Å². The van der Waals surface area contributed by atoms with Crippen molar-refractivity contribution in [2.45, 2.75) is 82.7 Å². The van der Waals surface area contributed by atoms with Gasteiger partial charge in [0.2, 0.25) is 5.91 Å². The maximum atomic E-state index is 13.4. The van der Waals surface area contributed by atoms with Crippen molar-refractivity contribution >= 4 is 11.5 Å². The molecule has 6 rings (SSSR count). The Morgan fingerprint density at radius 2 is 1.92 bits per heavy atom. The van der Waals surface area contributed by atoms with E-state index in [1.807, 2.05) is 24.5 Å². The summed E-state index contributed by atoms with van der Waals surface area (Å²) >= 11 is 0. The van der Waals surface area contributed by atoms with Crippen LogP contribution in [0, 0.1) is 29.1 Å². The number of carbonyl (C=O) groups is 1. The SMILES string of the molecule is C=C[C@]1(C2CC2)NC(N2CCN(C(=O)CCC3CCCC3)C(C3CC3)C2)=C(C#N)C(C)=C1c1ccncc1. The highest BCUT2D eigenvalue weighted by Gasteiger charge is 2.51. The first-order valence-corrected chi connectivity index (χ1v) is 14.8. The molecule has 4 fully saturated rings. The standard InChI is InChI=1S/C32H41N5O/c1-3-32(26-11-12-26)30(25-14-16-34-17-15-25)22(2)27(20-33)31(35-32)36-18-19-37(28(21-36)24-9-10-24)29(38)13-8-23-6-4-5-7-23/h3,14-17,23-24,26,28,35H,1,4-13,18-19,21H2,2H3/t28?,32-/m1/s1. The van der Waals surface area contributed by atoms with E-state index in [1.165, 1.54) is 38.5 Å². The Bertz CT molecular complexity index is 1180. The molecule has 6 nitrogen and oxygen atoms in total. The van der Waals surface area contributed by atoms with Gasteiger partial charge in [-0.25, -0.2) is 0 Å². The van der Waals surface area contributed by atoms with E-state index in [-0.39, 0.29) is 6.04 Å². The van der Waals surface area contributed by atoms with Crippen molar-refractivity contribution in [3.8, 4) is 6.07 Å². The molecule has 200 valence electrons. The van der Waals surface area contributed by atoms with E-state index >= 15 is 0 Å². The van der Waals surface area contributed by atoms with E-state index in [0.29, 0.717) is 29.7 Å². The molecule has 5 aliphatic rings. The molecule has 0 bridgehead atoms. The van der Waals surface area contributed by atoms with Crippen LogP contribution in [0.4, 0.5) is 0 Å². The van der Waals surface area contributed by atoms with Crippen molar-refractivity contribution in [2.24, 2.45) is 17.8 Å². The number of aromatic nitrogens is 1. The van der Waals surface area contributed by atoms with Crippen molar-refractivity contribution in [1.29, 1.82) is 5.26 Å². The molecule has 1 saturated heterocycles. The van der Waals surface area contributed by atoms with E-state index in [1.54, 1.807) is 0 Å². The number of nitrogens with zero attached hydrogens (tertiary/aromatic N) is 4. The molecule has 3 heterocycles. The Labute approximate surface area is 227 Å². The fourth-order valence-electron chi connectivity index (χ4n) is 7.42. The molecule has 0 spiro atoms. The lowest BCUT2D eigenvalue weighted by Gasteiger charge is -2.48. The van der Waals surface area contributed by atoms with Gasteiger partial charge in [0.05, 0.1) is 17.2 Å². The first-order valence-electron chi connectivity index (χ1n) is 14.8. The summed E-state index contributed by atoms with van der Waals surface area (Å²) < 4.78 is 0. The van der Waals surface area contributed by atoms with Crippen LogP contribution in [0.5, 0.6) is 0 Å². The molecule has 1 aromatic heterocycles. The molecule has 0 radical (unpaired) electrons. The Morgan fingerprint density at radius 1 is 1.18 bits per heavy atom. The highest BCUT2D eigenvalue weighted by Crippen LogP contribution is 2.52. The Balaban J connectivity index is 1.29. The van der Waals surface area contributed by atoms with Crippen molar-refractivity contribution in [3.63, 3.8) is 0 Å².